The molecule has 0 spiro atoms. The summed E-state index contributed by atoms with van der Waals surface area (Å²) in [5, 5.41) is 3.30. The minimum Gasteiger partial charge on any atom is -0.368 e. The van der Waals surface area contributed by atoms with E-state index in [4.69, 9.17) is 5.73 Å². The first kappa shape index (κ1) is 18.4. The van der Waals surface area contributed by atoms with Crippen LogP contribution in [0, 0.1) is 0 Å². The zero-order valence-corrected chi connectivity index (χ0v) is 13.6. The predicted octanol–water partition coefficient (Wildman–Crippen LogP) is 2.13. The fraction of sp³-hybridized carbons (Fsp3) is 0.933. The van der Waals surface area contributed by atoms with E-state index in [2.05, 4.69) is 31.0 Å². The fourth-order valence-electron chi connectivity index (χ4n) is 2.45. The second-order valence-corrected chi connectivity index (χ2v) is 6.23. The van der Waals surface area contributed by atoms with Crippen molar-refractivity contribution in [3.05, 3.63) is 0 Å². The standard InChI is InChI=1S/C15H33N3O/c1-7-10-18(13(4)5)11-8-9-15(6,14(16)19)17-12(2)3/h12-13,17H,7-11H2,1-6H3,(H2,16,19). The zero-order valence-electron chi connectivity index (χ0n) is 13.6. The third-order valence-electron chi connectivity index (χ3n) is 3.51. The van der Waals surface area contributed by atoms with Crippen LogP contribution in [0.25, 0.3) is 0 Å². The van der Waals surface area contributed by atoms with Crippen molar-refractivity contribution < 1.29 is 4.79 Å². The van der Waals surface area contributed by atoms with Crippen molar-refractivity contribution >= 4 is 5.91 Å². The van der Waals surface area contributed by atoms with E-state index in [9.17, 15) is 4.79 Å². The molecule has 4 heteroatoms. The molecule has 4 nitrogen and oxygen atoms in total. The van der Waals surface area contributed by atoms with Gasteiger partial charge in [0.25, 0.3) is 0 Å². The second-order valence-electron chi connectivity index (χ2n) is 6.23. The van der Waals surface area contributed by atoms with Crippen molar-refractivity contribution in [2.75, 3.05) is 13.1 Å². The molecule has 0 aromatic carbocycles. The summed E-state index contributed by atoms with van der Waals surface area (Å²) >= 11 is 0. The molecule has 0 radical (unpaired) electrons. The molecule has 0 aromatic heterocycles. The normalized spacial score (nSPS) is 15.2. The molecule has 0 bridgehead atoms. The molecule has 0 heterocycles. The Balaban J connectivity index is 4.36. The van der Waals surface area contributed by atoms with E-state index in [-0.39, 0.29) is 11.9 Å². The van der Waals surface area contributed by atoms with Gasteiger partial charge < -0.3 is 16.0 Å². The predicted molar refractivity (Wildman–Crippen MR) is 82.1 cm³/mol. The second kappa shape index (κ2) is 8.54. The molecular formula is C15H33N3O. The van der Waals surface area contributed by atoms with Gasteiger partial charge in [0.15, 0.2) is 0 Å². The van der Waals surface area contributed by atoms with Crippen LogP contribution in [-0.2, 0) is 4.79 Å². The van der Waals surface area contributed by atoms with Crippen molar-refractivity contribution in [2.24, 2.45) is 5.73 Å². The largest absolute Gasteiger partial charge is 0.368 e. The van der Waals surface area contributed by atoms with Gasteiger partial charge in [-0.1, -0.05) is 6.92 Å². The minimum atomic E-state index is -0.594. The van der Waals surface area contributed by atoms with E-state index < -0.39 is 5.54 Å². The Bertz CT molecular complexity index is 266. The first-order valence-corrected chi connectivity index (χ1v) is 7.54. The van der Waals surface area contributed by atoms with Gasteiger partial charge in [0.05, 0.1) is 5.54 Å². The summed E-state index contributed by atoms with van der Waals surface area (Å²) in [6.07, 6.45) is 2.93. The number of amides is 1. The van der Waals surface area contributed by atoms with Gasteiger partial charge >= 0.3 is 0 Å². The number of nitrogens with two attached hydrogens (primary N) is 1. The SMILES string of the molecule is CCCN(CCCC(C)(NC(C)C)C(N)=O)C(C)C. The molecule has 114 valence electrons. The highest BCUT2D eigenvalue weighted by molar-refractivity contribution is 5.84. The molecular weight excluding hydrogens is 238 g/mol. The number of primary amides is 1. The number of rotatable bonds is 10. The molecule has 1 unspecified atom stereocenters. The van der Waals surface area contributed by atoms with Crippen LogP contribution in [0.2, 0.25) is 0 Å². The number of carbonyl (C=O) groups excluding carboxylic acids is 1. The van der Waals surface area contributed by atoms with Crippen molar-refractivity contribution in [2.45, 2.75) is 78.4 Å². The maximum Gasteiger partial charge on any atom is 0.237 e. The average molecular weight is 271 g/mol. The molecule has 3 N–H and O–H groups in total. The van der Waals surface area contributed by atoms with Gasteiger partial charge in [0, 0.05) is 12.1 Å². The molecule has 0 aliphatic rings. The van der Waals surface area contributed by atoms with Gasteiger partial charge in [0.2, 0.25) is 5.91 Å². The lowest BCUT2D eigenvalue weighted by atomic mass is 9.93. The van der Waals surface area contributed by atoms with Crippen LogP contribution in [-0.4, -0.2) is 41.5 Å². The van der Waals surface area contributed by atoms with Crippen LogP contribution in [0.4, 0.5) is 0 Å². The summed E-state index contributed by atoms with van der Waals surface area (Å²) in [4.78, 5) is 14.1. The number of hydrogen-bond donors (Lipinski definition) is 2. The van der Waals surface area contributed by atoms with E-state index in [1.54, 1.807) is 0 Å². The summed E-state index contributed by atoms with van der Waals surface area (Å²) in [6.45, 7) is 14.8. The van der Waals surface area contributed by atoms with Gasteiger partial charge in [-0.2, -0.15) is 0 Å². The summed E-state index contributed by atoms with van der Waals surface area (Å²) < 4.78 is 0. The Labute approximate surface area is 119 Å². The molecule has 1 atom stereocenters. The Hall–Kier alpha value is -0.610. The number of nitrogens with one attached hydrogen (secondary N) is 1. The zero-order chi connectivity index (χ0) is 15.1. The molecule has 1 amide bonds. The maximum absolute atomic E-state index is 11.6. The maximum atomic E-state index is 11.6. The molecule has 0 aliphatic heterocycles. The number of hydrogen-bond acceptors (Lipinski definition) is 3. The molecule has 0 rings (SSSR count). The van der Waals surface area contributed by atoms with Crippen LogP contribution >= 0.6 is 0 Å². The van der Waals surface area contributed by atoms with Gasteiger partial charge in [0.1, 0.15) is 0 Å². The average Bonchev–Trinajstić information content (AvgIpc) is 2.26. The van der Waals surface area contributed by atoms with Crippen LogP contribution in [0.5, 0.6) is 0 Å². The highest BCUT2D eigenvalue weighted by atomic mass is 16.1. The lowest BCUT2D eigenvalue weighted by molar-refractivity contribution is -0.124. The van der Waals surface area contributed by atoms with Gasteiger partial charge in [-0.05, 0) is 67.0 Å². The molecule has 0 aromatic rings. The van der Waals surface area contributed by atoms with Crippen molar-refractivity contribution in [1.82, 2.24) is 10.2 Å². The molecule has 19 heavy (non-hydrogen) atoms. The summed E-state index contributed by atoms with van der Waals surface area (Å²) in [7, 11) is 0. The van der Waals surface area contributed by atoms with Crippen molar-refractivity contribution in [3.63, 3.8) is 0 Å². The lowest BCUT2D eigenvalue weighted by Gasteiger charge is -2.32. The first-order chi connectivity index (χ1) is 8.73. The summed E-state index contributed by atoms with van der Waals surface area (Å²) in [5.74, 6) is -0.257. The van der Waals surface area contributed by atoms with Crippen molar-refractivity contribution in [1.29, 1.82) is 0 Å². The van der Waals surface area contributed by atoms with Gasteiger partial charge in [-0.25, -0.2) is 0 Å². The molecule has 0 saturated heterocycles. The van der Waals surface area contributed by atoms with Crippen LogP contribution in [0.15, 0.2) is 0 Å². The minimum absolute atomic E-state index is 0.257. The third kappa shape index (κ3) is 6.92. The first-order valence-electron chi connectivity index (χ1n) is 7.54. The Kier molecular flexibility index (Phi) is 8.26. The fourth-order valence-corrected chi connectivity index (χ4v) is 2.45. The van der Waals surface area contributed by atoms with E-state index in [0.717, 1.165) is 32.4 Å². The van der Waals surface area contributed by atoms with Crippen LogP contribution < -0.4 is 11.1 Å². The summed E-state index contributed by atoms with van der Waals surface area (Å²) in [6, 6.07) is 0.812. The topological polar surface area (TPSA) is 58.4 Å². The third-order valence-corrected chi connectivity index (χ3v) is 3.51. The van der Waals surface area contributed by atoms with E-state index in [1.165, 1.54) is 0 Å². The Morgan fingerprint density at radius 1 is 1.26 bits per heavy atom. The lowest BCUT2D eigenvalue weighted by Crippen LogP contribution is -2.55. The number of nitrogens with zero attached hydrogens (tertiary/aromatic N) is 1. The van der Waals surface area contributed by atoms with Crippen LogP contribution in [0.3, 0.4) is 0 Å². The van der Waals surface area contributed by atoms with Crippen molar-refractivity contribution in [3.8, 4) is 0 Å². The molecule has 0 fully saturated rings. The van der Waals surface area contributed by atoms with Gasteiger partial charge in [-0.3, -0.25) is 4.79 Å². The summed E-state index contributed by atoms with van der Waals surface area (Å²) in [5.41, 5.74) is 4.95. The van der Waals surface area contributed by atoms with E-state index in [1.807, 2.05) is 20.8 Å². The molecule has 0 saturated carbocycles. The highest BCUT2D eigenvalue weighted by Gasteiger charge is 2.30. The Morgan fingerprint density at radius 2 is 1.84 bits per heavy atom. The van der Waals surface area contributed by atoms with Gasteiger partial charge in [-0.15, -0.1) is 0 Å². The van der Waals surface area contributed by atoms with Crippen LogP contribution in [0.1, 0.15) is 60.8 Å². The molecule has 0 aliphatic carbocycles. The van der Waals surface area contributed by atoms with E-state index >= 15 is 0 Å². The number of carbonyl (C=O) groups is 1. The quantitative estimate of drug-likeness (QED) is 0.640. The Morgan fingerprint density at radius 3 is 2.21 bits per heavy atom. The smallest absolute Gasteiger partial charge is 0.237 e. The highest BCUT2D eigenvalue weighted by Crippen LogP contribution is 2.14. The monoisotopic (exact) mass is 271 g/mol. The van der Waals surface area contributed by atoms with E-state index in [0.29, 0.717) is 6.04 Å².